The second-order valence-electron chi connectivity index (χ2n) is 4.67. The Morgan fingerprint density at radius 3 is 3.21 bits per heavy atom. The van der Waals surface area contributed by atoms with E-state index < -0.39 is 0 Å². The van der Waals surface area contributed by atoms with Crippen molar-refractivity contribution in [2.45, 2.75) is 43.6 Å². The summed E-state index contributed by atoms with van der Waals surface area (Å²) in [5.74, 6) is 1.68. The second-order valence-corrected chi connectivity index (χ2v) is 4.67. The first-order valence-corrected chi connectivity index (χ1v) is 5.54. The molecule has 1 N–H and O–H groups in total. The van der Waals surface area contributed by atoms with Crippen LogP contribution >= 0.6 is 0 Å². The molecule has 3 rings (SSSR count). The molecule has 1 saturated carbocycles. The Morgan fingerprint density at radius 2 is 2.50 bits per heavy atom. The molecule has 1 aromatic rings. The molecule has 0 radical (unpaired) electrons. The fourth-order valence-electron chi connectivity index (χ4n) is 3.06. The molecule has 2 fully saturated rings. The number of nitrogens with one attached hydrogen (secondary N) is 1. The molecule has 0 bridgehead atoms. The predicted molar refractivity (Wildman–Crippen MR) is 53.1 cm³/mol. The first kappa shape index (κ1) is 8.48. The molecular weight excluding hydrogens is 176 g/mol. The van der Waals surface area contributed by atoms with Gasteiger partial charge in [-0.3, -0.25) is 0 Å². The molecule has 2 unspecified atom stereocenters. The third kappa shape index (κ3) is 1.27. The van der Waals surface area contributed by atoms with Crippen LogP contribution in [0.2, 0.25) is 0 Å². The van der Waals surface area contributed by atoms with Gasteiger partial charge in [-0.15, -0.1) is 0 Å². The smallest absolute Gasteiger partial charge is 0.139 e. The van der Waals surface area contributed by atoms with E-state index in [1.807, 2.05) is 6.07 Å². The van der Waals surface area contributed by atoms with E-state index in [1.54, 1.807) is 6.20 Å². The Balaban J connectivity index is 1.75. The lowest BCUT2D eigenvalue weighted by molar-refractivity contribution is 0.341. The minimum absolute atomic E-state index is 0.442. The van der Waals surface area contributed by atoms with Crippen molar-refractivity contribution in [3.63, 3.8) is 0 Å². The zero-order valence-corrected chi connectivity index (χ0v) is 8.33. The lowest BCUT2D eigenvalue weighted by atomic mass is 9.93. The van der Waals surface area contributed by atoms with E-state index in [0.717, 1.165) is 5.76 Å². The fraction of sp³-hybridized carbons (Fsp3) is 0.727. The average molecular weight is 192 g/mol. The van der Waals surface area contributed by atoms with Crippen molar-refractivity contribution in [3.8, 4) is 0 Å². The fourth-order valence-corrected chi connectivity index (χ4v) is 3.06. The molecule has 2 atom stereocenters. The van der Waals surface area contributed by atoms with E-state index >= 15 is 0 Å². The van der Waals surface area contributed by atoms with Gasteiger partial charge < -0.3 is 9.84 Å². The van der Waals surface area contributed by atoms with E-state index in [1.165, 1.54) is 38.6 Å². The molecule has 3 heteroatoms. The molecule has 14 heavy (non-hydrogen) atoms. The Bertz CT molecular complexity index is 301. The average Bonchev–Trinajstić information content (AvgIpc) is 2.91. The largest absolute Gasteiger partial charge is 0.361 e. The van der Waals surface area contributed by atoms with Gasteiger partial charge in [-0.25, -0.2) is 0 Å². The maximum Gasteiger partial charge on any atom is 0.139 e. The summed E-state index contributed by atoms with van der Waals surface area (Å²) >= 11 is 0. The molecule has 1 saturated heterocycles. The van der Waals surface area contributed by atoms with Crippen molar-refractivity contribution in [2.75, 3.05) is 6.54 Å². The second kappa shape index (κ2) is 3.09. The van der Waals surface area contributed by atoms with Gasteiger partial charge in [-0.1, -0.05) is 5.16 Å². The van der Waals surface area contributed by atoms with Gasteiger partial charge >= 0.3 is 0 Å². The predicted octanol–water partition coefficient (Wildman–Crippen LogP) is 2.06. The van der Waals surface area contributed by atoms with Gasteiger partial charge in [0.25, 0.3) is 0 Å². The highest BCUT2D eigenvalue weighted by Gasteiger charge is 2.42. The van der Waals surface area contributed by atoms with Gasteiger partial charge in [0.05, 0.1) is 6.20 Å². The topological polar surface area (TPSA) is 38.1 Å². The van der Waals surface area contributed by atoms with Crippen LogP contribution in [0, 0.1) is 0 Å². The zero-order valence-electron chi connectivity index (χ0n) is 8.33. The number of rotatable bonds is 1. The van der Waals surface area contributed by atoms with Crippen LogP contribution in [0.15, 0.2) is 16.8 Å². The van der Waals surface area contributed by atoms with Gasteiger partial charge in [0.15, 0.2) is 0 Å². The summed E-state index contributed by atoms with van der Waals surface area (Å²) in [6, 6.07) is 2.01. The van der Waals surface area contributed by atoms with Crippen LogP contribution in [0.4, 0.5) is 0 Å². The molecule has 76 valence electrons. The Kier molecular flexibility index (Phi) is 1.87. The highest BCUT2D eigenvalue weighted by Crippen LogP contribution is 2.44. The number of hydrogen-bond acceptors (Lipinski definition) is 3. The van der Waals surface area contributed by atoms with E-state index in [2.05, 4.69) is 10.5 Å². The van der Waals surface area contributed by atoms with Crippen molar-refractivity contribution in [1.29, 1.82) is 0 Å². The van der Waals surface area contributed by atoms with E-state index in [-0.39, 0.29) is 0 Å². The van der Waals surface area contributed by atoms with Crippen LogP contribution in [-0.2, 0) is 0 Å². The quantitative estimate of drug-likeness (QED) is 0.740. The van der Waals surface area contributed by atoms with Gasteiger partial charge in [-0.05, 0) is 38.6 Å². The molecule has 0 aromatic carbocycles. The molecule has 2 heterocycles. The first-order chi connectivity index (χ1) is 6.88. The SMILES string of the molecule is c1cc(C2CCC3(CCCN3)C2)on1. The van der Waals surface area contributed by atoms with Gasteiger partial charge in [0.2, 0.25) is 0 Å². The van der Waals surface area contributed by atoms with Crippen molar-refractivity contribution >= 4 is 0 Å². The van der Waals surface area contributed by atoms with E-state index in [9.17, 15) is 0 Å². The molecule has 1 aliphatic heterocycles. The normalized spacial score (nSPS) is 37.0. The van der Waals surface area contributed by atoms with Gasteiger partial charge in [0, 0.05) is 17.5 Å². The molecule has 1 aliphatic carbocycles. The van der Waals surface area contributed by atoms with E-state index in [0.29, 0.717) is 11.5 Å². The monoisotopic (exact) mass is 192 g/mol. The summed E-state index contributed by atoms with van der Waals surface area (Å²) in [5.41, 5.74) is 0.442. The summed E-state index contributed by atoms with van der Waals surface area (Å²) in [6.07, 6.45) is 8.23. The highest BCUT2D eigenvalue weighted by molar-refractivity contribution is 5.11. The summed E-state index contributed by atoms with van der Waals surface area (Å²) < 4.78 is 5.24. The summed E-state index contributed by atoms with van der Waals surface area (Å²) in [4.78, 5) is 0. The first-order valence-electron chi connectivity index (χ1n) is 5.54. The van der Waals surface area contributed by atoms with Gasteiger partial charge in [0.1, 0.15) is 5.76 Å². The third-order valence-electron chi connectivity index (χ3n) is 3.80. The summed E-state index contributed by atoms with van der Waals surface area (Å²) in [5, 5.41) is 7.45. The van der Waals surface area contributed by atoms with Crippen molar-refractivity contribution < 1.29 is 4.52 Å². The van der Waals surface area contributed by atoms with Crippen LogP contribution in [0.3, 0.4) is 0 Å². The third-order valence-corrected chi connectivity index (χ3v) is 3.80. The standard InChI is InChI=1S/C11H16N2O/c1-4-11(12-6-1)5-2-9(8-11)10-3-7-13-14-10/h3,7,9,12H,1-2,4-6,8H2. The lowest BCUT2D eigenvalue weighted by Crippen LogP contribution is -2.36. The van der Waals surface area contributed by atoms with Crippen molar-refractivity contribution in [1.82, 2.24) is 10.5 Å². The van der Waals surface area contributed by atoms with Crippen molar-refractivity contribution in [3.05, 3.63) is 18.0 Å². The lowest BCUT2D eigenvalue weighted by Gasteiger charge is -2.23. The number of aromatic nitrogens is 1. The highest BCUT2D eigenvalue weighted by atomic mass is 16.5. The van der Waals surface area contributed by atoms with Crippen LogP contribution in [-0.4, -0.2) is 17.2 Å². The van der Waals surface area contributed by atoms with Crippen LogP contribution in [0.5, 0.6) is 0 Å². The Labute approximate surface area is 83.9 Å². The summed E-state index contributed by atoms with van der Waals surface area (Å²) in [6.45, 7) is 1.20. The minimum Gasteiger partial charge on any atom is -0.361 e. The number of hydrogen-bond donors (Lipinski definition) is 1. The molecule has 0 amide bonds. The Morgan fingerprint density at radius 1 is 1.50 bits per heavy atom. The van der Waals surface area contributed by atoms with Crippen LogP contribution in [0.1, 0.15) is 43.8 Å². The maximum atomic E-state index is 5.24. The molecule has 2 aliphatic rings. The minimum atomic E-state index is 0.442. The maximum absolute atomic E-state index is 5.24. The van der Waals surface area contributed by atoms with E-state index in [4.69, 9.17) is 4.52 Å². The van der Waals surface area contributed by atoms with Gasteiger partial charge in [-0.2, -0.15) is 0 Å². The molecule has 1 aromatic heterocycles. The number of nitrogens with zero attached hydrogens (tertiary/aromatic N) is 1. The molecular formula is C11H16N2O. The van der Waals surface area contributed by atoms with Crippen LogP contribution < -0.4 is 5.32 Å². The summed E-state index contributed by atoms with van der Waals surface area (Å²) in [7, 11) is 0. The molecule has 3 nitrogen and oxygen atoms in total. The molecule has 1 spiro atoms. The zero-order chi connectivity index (χ0) is 9.43. The Hall–Kier alpha value is -0.830. The van der Waals surface area contributed by atoms with Crippen LogP contribution in [0.25, 0.3) is 0 Å². The van der Waals surface area contributed by atoms with Crippen molar-refractivity contribution in [2.24, 2.45) is 0 Å².